The van der Waals surface area contributed by atoms with E-state index in [1.54, 1.807) is 31.4 Å². The summed E-state index contributed by atoms with van der Waals surface area (Å²) in [7, 11) is 1.57. The Morgan fingerprint density at radius 1 is 1.12 bits per heavy atom. The molecule has 0 saturated heterocycles. The summed E-state index contributed by atoms with van der Waals surface area (Å²) in [6, 6.07) is 14.7. The van der Waals surface area contributed by atoms with Crippen LogP contribution >= 0.6 is 0 Å². The van der Waals surface area contributed by atoms with Gasteiger partial charge < -0.3 is 15.0 Å². The lowest BCUT2D eigenvalue weighted by atomic mass is 10.1. The summed E-state index contributed by atoms with van der Waals surface area (Å²) < 4.78 is 5.13. The van der Waals surface area contributed by atoms with Gasteiger partial charge in [-0.2, -0.15) is 0 Å². The number of ether oxygens (including phenoxy) is 1. The molecule has 0 radical (unpaired) electrons. The number of nitrogens with one attached hydrogen (secondary N) is 1. The SMILES string of the molecule is CCc1ccc(N(CC(=O)Nc2cccc(OC)c2)C(C)=O)cc1. The van der Waals surface area contributed by atoms with Crippen molar-refractivity contribution in [3.05, 3.63) is 54.1 Å². The molecule has 0 aromatic heterocycles. The van der Waals surface area contributed by atoms with E-state index in [2.05, 4.69) is 12.2 Å². The van der Waals surface area contributed by atoms with Crippen LogP contribution in [0.25, 0.3) is 0 Å². The minimum absolute atomic E-state index is 0.0436. The van der Waals surface area contributed by atoms with Crippen LogP contribution in [-0.2, 0) is 16.0 Å². The van der Waals surface area contributed by atoms with E-state index < -0.39 is 0 Å². The molecule has 0 heterocycles. The van der Waals surface area contributed by atoms with Crippen LogP contribution in [0.15, 0.2) is 48.5 Å². The molecule has 0 unspecified atom stereocenters. The van der Waals surface area contributed by atoms with Gasteiger partial charge in [0.2, 0.25) is 11.8 Å². The summed E-state index contributed by atoms with van der Waals surface area (Å²) in [6.45, 7) is 3.48. The third-order valence-corrected chi connectivity index (χ3v) is 3.69. The van der Waals surface area contributed by atoms with Crippen LogP contribution in [0.4, 0.5) is 11.4 Å². The van der Waals surface area contributed by atoms with E-state index in [1.807, 2.05) is 24.3 Å². The molecular weight excluding hydrogens is 304 g/mol. The molecule has 5 heteroatoms. The zero-order valence-corrected chi connectivity index (χ0v) is 14.2. The van der Waals surface area contributed by atoms with Gasteiger partial charge in [0.1, 0.15) is 12.3 Å². The number of carbonyl (C=O) groups is 2. The summed E-state index contributed by atoms with van der Waals surface area (Å²) >= 11 is 0. The normalized spacial score (nSPS) is 10.1. The van der Waals surface area contributed by atoms with Crippen LogP contribution < -0.4 is 15.0 Å². The molecule has 0 aliphatic heterocycles. The number of amides is 2. The van der Waals surface area contributed by atoms with Gasteiger partial charge in [0.05, 0.1) is 7.11 Å². The van der Waals surface area contributed by atoms with Gasteiger partial charge >= 0.3 is 0 Å². The Morgan fingerprint density at radius 3 is 2.42 bits per heavy atom. The van der Waals surface area contributed by atoms with Gasteiger partial charge in [0.15, 0.2) is 0 Å². The van der Waals surface area contributed by atoms with Crippen LogP contribution in [0.3, 0.4) is 0 Å². The molecule has 0 saturated carbocycles. The molecule has 0 fully saturated rings. The molecule has 0 atom stereocenters. The molecule has 0 bridgehead atoms. The number of carbonyl (C=O) groups excluding carboxylic acids is 2. The van der Waals surface area contributed by atoms with Gasteiger partial charge in [-0.1, -0.05) is 25.1 Å². The van der Waals surface area contributed by atoms with Gasteiger partial charge in [0, 0.05) is 24.4 Å². The molecule has 1 N–H and O–H groups in total. The van der Waals surface area contributed by atoms with Crippen LogP contribution in [0, 0.1) is 0 Å². The molecular formula is C19H22N2O3. The van der Waals surface area contributed by atoms with E-state index in [-0.39, 0.29) is 18.4 Å². The second-order valence-corrected chi connectivity index (χ2v) is 5.41. The van der Waals surface area contributed by atoms with E-state index in [0.717, 1.165) is 6.42 Å². The van der Waals surface area contributed by atoms with Crippen LogP contribution in [-0.4, -0.2) is 25.5 Å². The lowest BCUT2D eigenvalue weighted by Gasteiger charge is -2.21. The van der Waals surface area contributed by atoms with Crippen molar-refractivity contribution in [3.8, 4) is 5.75 Å². The summed E-state index contributed by atoms with van der Waals surface area (Å²) in [5.74, 6) is 0.212. The quantitative estimate of drug-likeness (QED) is 0.886. The average molecular weight is 326 g/mol. The van der Waals surface area contributed by atoms with Gasteiger partial charge in [-0.25, -0.2) is 0 Å². The number of benzene rings is 2. The zero-order valence-electron chi connectivity index (χ0n) is 14.2. The summed E-state index contributed by atoms with van der Waals surface area (Å²) in [6.07, 6.45) is 0.927. The number of nitrogens with zero attached hydrogens (tertiary/aromatic N) is 1. The van der Waals surface area contributed by atoms with Crippen molar-refractivity contribution < 1.29 is 14.3 Å². The Kier molecular flexibility index (Phi) is 5.95. The van der Waals surface area contributed by atoms with Crippen LogP contribution in [0.1, 0.15) is 19.4 Å². The van der Waals surface area contributed by atoms with Crippen molar-refractivity contribution in [2.75, 3.05) is 23.9 Å². The molecule has 24 heavy (non-hydrogen) atoms. The maximum absolute atomic E-state index is 12.3. The number of hydrogen-bond donors (Lipinski definition) is 1. The topological polar surface area (TPSA) is 58.6 Å². The molecule has 2 aromatic rings. The maximum Gasteiger partial charge on any atom is 0.244 e. The summed E-state index contributed by atoms with van der Waals surface area (Å²) in [4.78, 5) is 25.6. The highest BCUT2D eigenvalue weighted by atomic mass is 16.5. The Hall–Kier alpha value is -2.82. The molecule has 2 aromatic carbocycles. The van der Waals surface area contributed by atoms with Crippen molar-refractivity contribution in [1.29, 1.82) is 0 Å². The highest BCUT2D eigenvalue weighted by molar-refractivity contribution is 6.01. The molecule has 5 nitrogen and oxygen atoms in total. The van der Waals surface area contributed by atoms with E-state index in [4.69, 9.17) is 4.74 Å². The van der Waals surface area contributed by atoms with Crippen molar-refractivity contribution in [1.82, 2.24) is 0 Å². The lowest BCUT2D eigenvalue weighted by Crippen LogP contribution is -2.36. The Balaban J connectivity index is 2.08. The molecule has 0 aliphatic carbocycles. The zero-order chi connectivity index (χ0) is 17.5. The average Bonchev–Trinajstić information content (AvgIpc) is 2.59. The molecule has 2 amide bonds. The van der Waals surface area contributed by atoms with Crippen molar-refractivity contribution in [2.24, 2.45) is 0 Å². The van der Waals surface area contributed by atoms with E-state index in [0.29, 0.717) is 17.1 Å². The predicted octanol–water partition coefficient (Wildman–Crippen LogP) is 3.25. The van der Waals surface area contributed by atoms with Crippen molar-refractivity contribution >= 4 is 23.2 Å². The Bertz CT molecular complexity index is 711. The molecule has 0 spiro atoms. The van der Waals surface area contributed by atoms with E-state index >= 15 is 0 Å². The van der Waals surface area contributed by atoms with Gasteiger partial charge in [0.25, 0.3) is 0 Å². The standard InChI is InChI=1S/C19H22N2O3/c1-4-15-8-10-17(11-9-15)21(14(2)22)13-19(23)20-16-6-5-7-18(12-16)24-3/h5-12H,4,13H2,1-3H3,(H,20,23). The first-order chi connectivity index (χ1) is 11.5. The molecule has 0 aliphatic rings. The highest BCUT2D eigenvalue weighted by Gasteiger charge is 2.16. The fourth-order valence-corrected chi connectivity index (χ4v) is 2.34. The fraction of sp³-hybridized carbons (Fsp3) is 0.263. The van der Waals surface area contributed by atoms with Crippen molar-refractivity contribution in [2.45, 2.75) is 20.3 Å². The first-order valence-electron chi connectivity index (χ1n) is 7.84. The minimum atomic E-state index is -0.266. The van der Waals surface area contributed by atoms with Crippen LogP contribution in [0.5, 0.6) is 5.75 Å². The highest BCUT2D eigenvalue weighted by Crippen LogP contribution is 2.18. The smallest absolute Gasteiger partial charge is 0.244 e. The second kappa shape index (κ2) is 8.15. The summed E-state index contributed by atoms with van der Waals surface area (Å²) in [5, 5.41) is 2.78. The third-order valence-electron chi connectivity index (χ3n) is 3.69. The maximum atomic E-state index is 12.3. The first kappa shape index (κ1) is 17.5. The van der Waals surface area contributed by atoms with Crippen molar-refractivity contribution in [3.63, 3.8) is 0 Å². The third kappa shape index (κ3) is 4.59. The number of anilines is 2. The number of methoxy groups -OCH3 is 1. The van der Waals surface area contributed by atoms with Gasteiger partial charge in [-0.15, -0.1) is 0 Å². The largest absolute Gasteiger partial charge is 0.497 e. The number of rotatable bonds is 6. The summed E-state index contributed by atoms with van der Waals surface area (Å²) in [5.41, 5.74) is 2.52. The molecule has 126 valence electrons. The number of hydrogen-bond acceptors (Lipinski definition) is 3. The minimum Gasteiger partial charge on any atom is -0.497 e. The van der Waals surface area contributed by atoms with Gasteiger partial charge in [-0.05, 0) is 36.2 Å². The fourth-order valence-electron chi connectivity index (χ4n) is 2.34. The van der Waals surface area contributed by atoms with E-state index in [1.165, 1.54) is 17.4 Å². The Labute approximate surface area is 142 Å². The Morgan fingerprint density at radius 2 is 1.83 bits per heavy atom. The molecule has 2 rings (SSSR count). The van der Waals surface area contributed by atoms with Crippen LogP contribution in [0.2, 0.25) is 0 Å². The predicted molar refractivity (Wildman–Crippen MR) is 95.5 cm³/mol. The number of aryl methyl sites for hydroxylation is 1. The van der Waals surface area contributed by atoms with Gasteiger partial charge in [-0.3, -0.25) is 9.59 Å². The first-order valence-corrected chi connectivity index (χ1v) is 7.84. The van der Waals surface area contributed by atoms with E-state index in [9.17, 15) is 9.59 Å². The lowest BCUT2D eigenvalue weighted by molar-refractivity contribution is -0.120. The second-order valence-electron chi connectivity index (χ2n) is 5.41. The monoisotopic (exact) mass is 326 g/mol.